The highest BCUT2D eigenvalue weighted by Gasteiger charge is 2.02. The first-order valence-corrected chi connectivity index (χ1v) is 7.00. The Labute approximate surface area is 125 Å². The molecule has 3 N–H and O–H groups in total. The number of nitrogen functional groups attached to an aromatic ring is 1. The molecule has 2 aromatic heterocycles. The van der Waals surface area contributed by atoms with Gasteiger partial charge in [0.05, 0.1) is 11.2 Å². The highest BCUT2D eigenvalue weighted by molar-refractivity contribution is 9.10. The summed E-state index contributed by atoms with van der Waals surface area (Å²) in [5.41, 5.74) is 8.84. The summed E-state index contributed by atoms with van der Waals surface area (Å²) in [6.45, 7) is 0.688. The van der Waals surface area contributed by atoms with Crippen molar-refractivity contribution in [1.29, 1.82) is 0 Å². The summed E-state index contributed by atoms with van der Waals surface area (Å²) in [6.07, 6.45) is 3.48. The summed E-state index contributed by atoms with van der Waals surface area (Å²) >= 11 is 3.39. The van der Waals surface area contributed by atoms with Crippen molar-refractivity contribution in [3.8, 4) is 0 Å². The third-order valence-electron chi connectivity index (χ3n) is 3.04. The lowest BCUT2D eigenvalue weighted by atomic mass is 10.1. The van der Waals surface area contributed by atoms with Crippen LogP contribution in [0.15, 0.2) is 53.3 Å². The average molecular weight is 329 g/mol. The molecular weight excluding hydrogens is 316 g/mol. The SMILES string of the molecule is Nc1ncc(Br)cc1NCc1ccc2ncccc2c1. The monoisotopic (exact) mass is 328 g/mol. The van der Waals surface area contributed by atoms with Crippen molar-refractivity contribution in [2.24, 2.45) is 0 Å². The van der Waals surface area contributed by atoms with Gasteiger partial charge in [0.2, 0.25) is 0 Å². The van der Waals surface area contributed by atoms with Gasteiger partial charge in [0.1, 0.15) is 5.82 Å². The Hall–Kier alpha value is -2.14. The van der Waals surface area contributed by atoms with Crippen molar-refractivity contribution in [2.45, 2.75) is 6.54 Å². The Morgan fingerprint density at radius 3 is 2.95 bits per heavy atom. The van der Waals surface area contributed by atoms with Gasteiger partial charge in [-0.2, -0.15) is 0 Å². The molecule has 0 atom stereocenters. The van der Waals surface area contributed by atoms with Crippen LogP contribution in [0.2, 0.25) is 0 Å². The number of aromatic nitrogens is 2. The molecule has 0 saturated heterocycles. The van der Waals surface area contributed by atoms with Gasteiger partial charge < -0.3 is 11.1 Å². The Morgan fingerprint density at radius 2 is 2.05 bits per heavy atom. The number of anilines is 2. The highest BCUT2D eigenvalue weighted by Crippen LogP contribution is 2.21. The normalized spacial score (nSPS) is 10.7. The maximum Gasteiger partial charge on any atom is 0.146 e. The van der Waals surface area contributed by atoms with Gasteiger partial charge in [-0.1, -0.05) is 12.1 Å². The van der Waals surface area contributed by atoms with Crippen LogP contribution >= 0.6 is 15.9 Å². The first kappa shape index (κ1) is 12.9. The molecule has 0 aliphatic heterocycles. The van der Waals surface area contributed by atoms with Gasteiger partial charge in [-0.05, 0) is 45.8 Å². The molecule has 0 aliphatic carbocycles. The minimum Gasteiger partial charge on any atom is -0.382 e. The van der Waals surface area contributed by atoms with Crippen LogP contribution < -0.4 is 11.1 Å². The molecule has 0 aliphatic rings. The predicted molar refractivity (Wildman–Crippen MR) is 85.4 cm³/mol. The van der Waals surface area contributed by atoms with E-state index >= 15 is 0 Å². The molecule has 20 heavy (non-hydrogen) atoms. The van der Waals surface area contributed by atoms with E-state index in [1.54, 1.807) is 12.4 Å². The molecule has 3 rings (SSSR count). The molecule has 0 saturated carbocycles. The Bertz CT molecular complexity index is 758. The fourth-order valence-corrected chi connectivity index (χ4v) is 2.36. The molecule has 0 amide bonds. The Balaban J connectivity index is 1.81. The molecule has 2 heterocycles. The second-order valence-corrected chi connectivity index (χ2v) is 5.39. The maximum absolute atomic E-state index is 5.84. The number of halogens is 1. The Kier molecular flexibility index (Phi) is 3.52. The van der Waals surface area contributed by atoms with E-state index in [0.717, 1.165) is 21.1 Å². The zero-order valence-electron chi connectivity index (χ0n) is 10.7. The van der Waals surface area contributed by atoms with Gasteiger partial charge in [0.25, 0.3) is 0 Å². The first-order chi connectivity index (χ1) is 9.72. The molecule has 0 unspecified atom stereocenters. The zero-order chi connectivity index (χ0) is 13.9. The topological polar surface area (TPSA) is 63.8 Å². The molecule has 0 spiro atoms. The van der Waals surface area contributed by atoms with Gasteiger partial charge in [-0.25, -0.2) is 4.98 Å². The van der Waals surface area contributed by atoms with Crippen LogP contribution in [0.5, 0.6) is 0 Å². The number of hydrogen-bond acceptors (Lipinski definition) is 4. The van der Waals surface area contributed by atoms with Crippen molar-refractivity contribution in [1.82, 2.24) is 9.97 Å². The maximum atomic E-state index is 5.84. The summed E-state index contributed by atoms with van der Waals surface area (Å²) < 4.78 is 0.900. The van der Waals surface area contributed by atoms with Gasteiger partial charge in [0, 0.05) is 28.8 Å². The summed E-state index contributed by atoms with van der Waals surface area (Å²) in [5.74, 6) is 0.496. The summed E-state index contributed by atoms with van der Waals surface area (Å²) in [6, 6.07) is 12.1. The quantitative estimate of drug-likeness (QED) is 0.771. The van der Waals surface area contributed by atoms with Crippen molar-refractivity contribution >= 4 is 38.3 Å². The van der Waals surface area contributed by atoms with E-state index in [-0.39, 0.29) is 0 Å². The molecule has 5 heteroatoms. The summed E-state index contributed by atoms with van der Waals surface area (Å²) in [5, 5.41) is 4.43. The fourth-order valence-electron chi connectivity index (χ4n) is 2.02. The van der Waals surface area contributed by atoms with Crippen molar-refractivity contribution in [3.63, 3.8) is 0 Å². The van der Waals surface area contributed by atoms with Gasteiger partial charge in [-0.15, -0.1) is 0 Å². The number of nitrogens with two attached hydrogens (primary N) is 1. The second kappa shape index (κ2) is 5.46. The number of nitrogens with one attached hydrogen (secondary N) is 1. The molecule has 100 valence electrons. The predicted octanol–water partition coefficient (Wildman–Crippen LogP) is 3.59. The second-order valence-electron chi connectivity index (χ2n) is 4.47. The minimum atomic E-state index is 0.496. The van der Waals surface area contributed by atoms with Crippen molar-refractivity contribution in [3.05, 3.63) is 58.8 Å². The zero-order valence-corrected chi connectivity index (χ0v) is 12.3. The van der Waals surface area contributed by atoms with Crippen LogP contribution in [0.4, 0.5) is 11.5 Å². The smallest absolute Gasteiger partial charge is 0.146 e. The third-order valence-corrected chi connectivity index (χ3v) is 3.47. The van der Waals surface area contributed by atoms with E-state index in [9.17, 15) is 0 Å². The van der Waals surface area contributed by atoms with Gasteiger partial charge in [0.15, 0.2) is 0 Å². The number of rotatable bonds is 3. The molecule has 3 aromatic rings. The van der Waals surface area contributed by atoms with Gasteiger partial charge >= 0.3 is 0 Å². The van der Waals surface area contributed by atoms with E-state index in [4.69, 9.17) is 5.73 Å². The first-order valence-electron chi connectivity index (χ1n) is 6.21. The minimum absolute atomic E-state index is 0.496. The standard InChI is InChI=1S/C15H13BrN4/c16-12-7-14(15(17)20-9-12)19-8-10-3-4-13-11(6-10)2-1-5-18-13/h1-7,9,19H,8H2,(H2,17,20). The number of fused-ring (bicyclic) bond motifs is 1. The van der Waals surface area contributed by atoms with Crippen LogP contribution in [0.1, 0.15) is 5.56 Å². The van der Waals surface area contributed by atoms with E-state index in [1.807, 2.05) is 18.2 Å². The lowest BCUT2D eigenvalue weighted by Gasteiger charge is -2.09. The third kappa shape index (κ3) is 2.72. The van der Waals surface area contributed by atoms with Gasteiger partial charge in [-0.3, -0.25) is 4.98 Å². The van der Waals surface area contributed by atoms with Crippen LogP contribution in [0, 0.1) is 0 Å². The van der Waals surface area contributed by atoms with Crippen LogP contribution in [0.3, 0.4) is 0 Å². The number of benzene rings is 1. The molecule has 1 aromatic carbocycles. The number of pyridine rings is 2. The average Bonchev–Trinajstić information content (AvgIpc) is 2.48. The lowest BCUT2D eigenvalue weighted by Crippen LogP contribution is -2.03. The summed E-state index contributed by atoms with van der Waals surface area (Å²) in [7, 11) is 0. The van der Waals surface area contributed by atoms with Crippen molar-refractivity contribution in [2.75, 3.05) is 11.1 Å². The van der Waals surface area contributed by atoms with Crippen LogP contribution in [-0.4, -0.2) is 9.97 Å². The summed E-state index contributed by atoms with van der Waals surface area (Å²) in [4.78, 5) is 8.41. The lowest BCUT2D eigenvalue weighted by molar-refractivity contribution is 1.14. The number of nitrogens with zero attached hydrogens (tertiary/aromatic N) is 2. The Morgan fingerprint density at radius 1 is 1.15 bits per heavy atom. The van der Waals surface area contributed by atoms with E-state index in [0.29, 0.717) is 12.4 Å². The van der Waals surface area contributed by atoms with Crippen LogP contribution in [-0.2, 0) is 6.54 Å². The largest absolute Gasteiger partial charge is 0.382 e. The van der Waals surface area contributed by atoms with E-state index in [2.05, 4.69) is 49.4 Å². The molecule has 4 nitrogen and oxygen atoms in total. The van der Waals surface area contributed by atoms with E-state index in [1.165, 1.54) is 5.56 Å². The molecule has 0 bridgehead atoms. The van der Waals surface area contributed by atoms with Crippen LogP contribution in [0.25, 0.3) is 10.9 Å². The van der Waals surface area contributed by atoms with E-state index < -0.39 is 0 Å². The molecule has 0 radical (unpaired) electrons. The molecular formula is C15H13BrN4. The fraction of sp³-hybridized carbons (Fsp3) is 0.0667. The number of hydrogen-bond donors (Lipinski definition) is 2. The van der Waals surface area contributed by atoms with Crippen molar-refractivity contribution < 1.29 is 0 Å². The highest BCUT2D eigenvalue weighted by atomic mass is 79.9. The molecule has 0 fully saturated rings.